The Morgan fingerprint density at radius 3 is 2.96 bits per heavy atom. The van der Waals surface area contributed by atoms with Gasteiger partial charge in [0, 0.05) is 11.5 Å². The number of carbonyl (C=O) groups excluding carboxylic acids is 1. The van der Waals surface area contributed by atoms with E-state index in [-0.39, 0.29) is 17.0 Å². The van der Waals surface area contributed by atoms with Crippen molar-refractivity contribution >= 4 is 47.0 Å². The summed E-state index contributed by atoms with van der Waals surface area (Å²) >= 11 is 2.79. The van der Waals surface area contributed by atoms with Crippen molar-refractivity contribution in [3.8, 4) is 0 Å². The summed E-state index contributed by atoms with van der Waals surface area (Å²) in [4.78, 5) is 29.0. The predicted octanol–water partition coefficient (Wildman–Crippen LogP) is -1.26. The van der Waals surface area contributed by atoms with Crippen LogP contribution in [0.2, 0.25) is 0 Å². The molecule has 9 nitrogen and oxygen atoms in total. The normalized spacial score (nSPS) is 23.1. The minimum atomic E-state index is -1.12. The molecule has 1 fully saturated rings. The molecule has 0 saturated carbocycles. The number of aliphatic carboxylic acids is 1. The van der Waals surface area contributed by atoms with E-state index in [2.05, 4.69) is 4.98 Å². The number of hydrogen-bond acceptors (Lipinski definition) is 8. The molecule has 2 aliphatic rings. The molecule has 11 heteroatoms. The molecule has 24 heavy (non-hydrogen) atoms. The lowest BCUT2D eigenvalue weighted by atomic mass is 10.0. The Morgan fingerprint density at radius 1 is 1.58 bits per heavy atom. The maximum atomic E-state index is 11.9. The van der Waals surface area contributed by atoms with Gasteiger partial charge in [0.1, 0.15) is 17.1 Å². The van der Waals surface area contributed by atoms with E-state index >= 15 is 0 Å². The summed E-state index contributed by atoms with van der Waals surface area (Å²) < 4.78 is 1.67. The Balaban J connectivity index is 1.86. The van der Waals surface area contributed by atoms with Gasteiger partial charge in [-0.2, -0.15) is 0 Å². The second-order valence-electron chi connectivity index (χ2n) is 5.43. The van der Waals surface area contributed by atoms with E-state index in [1.807, 2.05) is 0 Å². The van der Waals surface area contributed by atoms with Crippen LogP contribution in [0.5, 0.6) is 0 Å². The molecule has 0 bridgehead atoms. The highest BCUT2D eigenvalue weighted by Gasteiger charge is 2.51. The standard InChI is InChI=1S/C13H16N6O3S2/c1-18-7(15)2-6(14)17-13(18)24-4-5-3-23-11-8(16)10(20)19(11)9(5)12(21)22/h2,8,11H,3-4,16H2,1H3,(H4,14,15,21,22)/p+1/t8?,11-/m1/s1. The topological polar surface area (TPSA) is 152 Å². The molecule has 1 unspecified atom stereocenters. The van der Waals surface area contributed by atoms with Gasteiger partial charge in [0.05, 0.1) is 13.1 Å². The molecule has 1 saturated heterocycles. The van der Waals surface area contributed by atoms with E-state index in [9.17, 15) is 14.7 Å². The van der Waals surface area contributed by atoms with E-state index in [0.29, 0.717) is 33.9 Å². The zero-order valence-electron chi connectivity index (χ0n) is 12.8. The minimum absolute atomic E-state index is 0.0254. The van der Waals surface area contributed by atoms with Crippen LogP contribution >= 0.6 is 23.5 Å². The average Bonchev–Trinajstić information content (AvgIpc) is 2.54. The zero-order chi connectivity index (χ0) is 17.6. The van der Waals surface area contributed by atoms with Crippen molar-refractivity contribution in [2.24, 2.45) is 12.8 Å². The number of rotatable bonds is 4. The minimum Gasteiger partial charge on any atom is -0.477 e. The van der Waals surface area contributed by atoms with Crippen LogP contribution in [-0.2, 0) is 16.6 Å². The summed E-state index contributed by atoms with van der Waals surface area (Å²) in [5.41, 5.74) is 17.9. The van der Waals surface area contributed by atoms with Crippen molar-refractivity contribution < 1.29 is 19.3 Å². The monoisotopic (exact) mass is 369 g/mol. The van der Waals surface area contributed by atoms with E-state index < -0.39 is 12.0 Å². The van der Waals surface area contributed by atoms with Crippen molar-refractivity contribution in [3.05, 3.63) is 17.3 Å². The van der Waals surface area contributed by atoms with Gasteiger partial charge < -0.3 is 22.3 Å². The van der Waals surface area contributed by atoms with Crippen LogP contribution in [0, 0.1) is 0 Å². The fraction of sp³-hybridized carbons (Fsp3) is 0.385. The fourth-order valence-corrected chi connectivity index (χ4v) is 4.98. The maximum Gasteiger partial charge on any atom is 0.352 e. The Labute approximate surface area is 146 Å². The molecular formula is C13H17N6O3S2+. The van der Waals surface area contributed by atoms with Gasteiger partial charge in [-0.1, -0.05) is 4.98 Å². The lowest BCUT2D eigenvalue weighted by molar-refractivity contribution is -0.698. The molecule has 0 radical (unpaired) electrons. The first kappa shape index (κ1) is 16.9. The third-order valence-electron chi connectivity index (χ3n) is 3.86. The summed E-state index contributed by atoms with van der Waals surface area (Å²) in [5, 5.41) is 9.78. The van der Waals surface area contributed by atoms with Crippen LogP contribution in [0.3, 0.4) is 0 Å². The van der Waals surface area contributed by atoms with Gasteiger partial charge >= 0.3 is 11.1 Å². The molecule has 7 N–H and O–H groups in total. The predicted molar refractivity (Wildman–Crippen MR) is 90.7 cm³/mol. The second-order valence-corrected chi connectivity index (χ2v) is 7.48. The lowest BCUT2D eigenvalue weighted by Gasteiger charge is -2.48. The number of carboxylic acids is 1. The molecule has 0 spiro atoms. The van der Waals surface area contributed by atoms with Gasteiger partial charge in [-0.25, -0.2) is 9.36 Å². The number of aromatic nitrogens is 2. The number of nitrogens with two attached hydrogens (primary N) is 3. The highest BCUT2D eigenvalue weighted by molar-refractivity contribution is 8.01. The highest BCUT2D eigenvalue weighted by atomic mass is 32.2. The van der Waals surface area contributed by atoms with Gasteiger partial charge in [-0.3, -0.25) is 9.69 Å². The quantitative estimate of drug-likeness (QED) is 0.220. The Morgan fingerprint density at radius 2 is 2.29 bits per heavy atom. The SMILES string of the molecule is C[n+]1c(N)cc(N)nc1SCC1=C(C(=O)O)N2C(=O)C(N)[C@H]2SC1. The molecule has 3 rings (SSSR count). The number of β-lactam (4-membered cyclic amide) rings is 1. The number of carboxylic acid groups (broad SMARTS) is 1. The molecule has 1 amide bonds. The number of nitrogen functional groups attached to an aromatic ring is 2. The maximum absolute atomic E-state index is 11.9. The van der Waals surface area contributed by atoms with Crippen LogP contribution < -0.4 is 21.8 Å². The fourth-order valence-electron chi connectivity index (χ4n) is 2.55. The zero-order valence-corrected chi connectivity index (χ0v) is 14.4. The highest BCUT2D eigenvalue weighted by Crippen LogP contribution is 2.40. The summed E-state index contributed by atoms with van der Waals surface area (Å²) in [6.45, 7) is 0. The van der Waals surface area contributed by atoms with E-state index in [1.165, 1.54) is 28.4 Å². The molecule has 2 atom stereocenters. The van der Waals surface area contributed by atoms with Crippen LogP contribution in [0.4, 0.5) is 11.6 Å². The molecule has 0 aliphatic carbocycles. The average molecular weight is 369 g/mol. The van der Waals surface area contributed by atoms with Crippen molar-refractivity contribution in [2.75, 3.05) is 23.0 Å². The van der Waals surface area contributed by atoms with Gasteiger partial charge in [-0.05, 0) is 17.3 Å². The van der Waals surface area contributed by atoms with Crippen LogP contribution in [-0.4, -0.2) is 49.8 Å². The molecule has 0 aromatic carbocycles. The van der Waals surface area contributed by atoms with Crippen LogP contribution in [0.25, 0.3) is 0 Å². The number of carbonyl (C=O) groups is 2. The van der Waals surface area contributed by atoms with Gasteiger partial charge in [0.15, 0.2) is 0 Å². The second kappa shape index (κ2) is 6.15. The number of thioether (sulfide) groups is 2. The van der Waals surface area contributed by atoms with E-state index in [1.54, 1.807) is 17.7 Å². The Kier molecular flexibility index (Phi) is 4.32. The first-order chi connectivity index (χ1) is 11.3. The van der Waals surface area contributed by atoms with Gasteiger partial charge in [-0.15, -0.1) is 11.8 Å². The lowest BCUT2D eigenvalue weighted by Crippen LogP contribution is -2.68. The van der Waals surface area contributed by atoms with Gasteiger partial charge in [0.25, 0.3) is 0 Å². The van der Waals surface area contributed by atoms with E-state index in [0.717, 1.165) is 0 Å². The van der Waals surface area contributed by atoms with Crippen molar-refractivity contribution in [1.82, 2.24) is 9.88 Å². The Hall–Kier alpha value is -1.98. The Bertz CT molecular complexity index is 768. The summed E-state index contributed by atoms with van der Waals surface area (Å²) in [6.07, 6.45) is 0. The summed E-state index contributed by atoms with van der Waals surface area (Å²) in [7, 11) is 1.75. The third kappa shape index (κ3) is 2.68. The van der Waals surface area contributed by atoms with Crippen LogP contribution in [0.15, 0.2) is 22.5 Å². The van der Waals surface area contributed by atoms with Crippen molar-refractivity contribution in [2.45, 2.75) is 16.6 Å². The number of amides is 1. The molecule has 1 aromatic heterocycles. The first-order valence-corrected chi connectivity index (χ1v) is 9.05. The van der Waals surface area contributed by atoms with Crippen molar-refractivity contribution in [3.63, 3.8) is 0 Å². The molecule has 128 valence electrons. The van der Waals surface area contributed by atoms with E-state index in [4.69, 9.17) is 17.2 Å². The third-order valence-corrected chi connectivity index (χ3v) is 6.34. The largest absolute Gasteiger partial charge is 0.477 e. The molecular weight excluding hydrogens is 352 g/mol. The number of nitrogens with zero attached hydrogens (tertiary/aromatic N) is 3. The number of hydrogen-bond donors (Lipinski definition) is 4. The molecule has 2 aliphatic heterocycles. The molecule has 3 heterocycles. The van der Waals surface area contributed by atoms with Gasteiger partial charge in [0.2, 0.25) is 17.5 Å². The molecule has 1 aromatic rings. The van der Waals surface area contributed by atoms with Crippen molar-refractivity contribution in [1.29, 1.82) is 0 Å². The summed E-state index contributed by atoms with van der Waals surface area (Å²) in [5.74, 6) is 0.133. The smallest absolute Gasteiger partial charge is 0.352 e. The number of anilines is 2. The summed E-state index contributed by atoms with van der Waals surface area (Å²) in [6, 6.07) is 0.916. The van der Waals surface area contributed by atoms with Crippen LogP contribution in [0.1, 0.15) is 0 Å². The first-order valence-electron chi connectivity index (χ1n) is 7.01. The number of fused-ring (bicyclic) bond motifs is 1.